The van der Waals surface area contributed by atoms with E-state index in [9.17, 15) is 8.42 Å². The molecule has 1 unspecified atom stereocenters. The van der Waals surface area contributed by atoms with Crippen molar-refractivity contribution in [3.05, 3.63) is 24.0 Å². The average Bonchev–Trinajstić information content (AvgIpc) is 2.36. The van der Waals surface area contributed by atoms with Gasteiger partial charge in [-0.1, -0.05) is 6.92 Å². The van der Waals surface area contributed by atoms with Gasteiger partial charge in [0.05, 0.1) is 0 Å². The summed E-state index contributed by atoms with van der Waals surface area (Å²) < 4.78 is 25.6. The minimum Gasteiger partial charge on any atom is -0.244 e. The molecule has 0 fully saturated rings. The molecule has 1 atom stereocenters. The Kier molecular flexibility index (Phi) is 4.21. The van der Waals surface area contributed by atoms with Gasteiger partial charge in [0.2, 0.25) is 10.0 Å². The topological polar surface area (TPSA) is 74.1 Å². The molecule has 0 saturated heterocycles. The van der Waals surface area contributed by atoms with Gasteiger partial charge in [0, 0.05) is 19.3 Å². The van der Waals surface area contributed by atoms with Crippen molar-refractivity contribution in [1.29, 1.82) is 5.26 Å². The van der Waals surface area contributed by atoms with Crippen LogP contribution in [0.25, 0.3) is 0 Å². The Morgan fingerprint density at radius 3 is 2.59 bits per heavy atom. The minimum absolute atomic E-state index is 0.0735. The Labute approximate surface area is 102 Å². The SMILES string of the molecule is CCC(C)N(C)S(=O)(=O)c1ccc(C#N)nc1. The molecule has 1 aromatic rings. The fraction of sp³-hybridized carbons (Fsp3) is 0.455. The molecule has 6 heteroatoms. The minimum atomic E-state index is -3.51. The second-order valence-corrected chi connectivity index (χ2v) is 5.77. The molecule has 1 aromatic heterocycles. The molecule has 0 aromatic carbocycles. The molecule has 0 amide bonds. The molecule has 92 valence electrons. The van der Waals surface area contributed by atoms with Crippen molar-refractivity contribution in [3.63, 3.8) is 0 Å². The highest BCUT2D eigenvalue weighted by atomic mass is 32.2. The second-order valence-electron chi connectivity index (χ2n) is 3.77. The van der Waals surface area contributed by atoms with E-state index >= 15 is 0 Å². The first kappa shape index (κ1) is 13.6. The smallest absolute Gasteiger partial charge is 0.244 e. The maximum Gasteiger partial charge on any atom is 0.244 e. The number of pyridine rings is 1. The van der Waals surface area contributed by atoms with Gasteiger partial charge >= 0.3 is 0 Å². The molecule has 0 aliphatic rings. The highest BCUT2D eigenvalue weighted by Gasteiger charge is 2.24. The fourth-order valence-electron chi connectivity index (χ4n) is 1.26. The van der Waals surface area contributed by atoms with E-state index in [1.165, 1.54) is 22.6 Å². The highest BCUT2D eigenvalue weighted by molar-refractivity contribution is 7.89. The number of aromatic nitrogens is 1. The molecule has 17 heavy (non-hydrogen) atoms. The molecule has 0 radical (unpaired) electrons. The van der Waals surface area contributed by atoms with Crippen LogP contribution in [0.1, 0.15) is 26.0 Å². The van der Waals surface area contributed by atoms with Gasteiger partial charge in [-0.2, -0.15) is 9.57 Å². The molecule has 1 heterocycles. The first-order valence-electron chi connectivity index (χ1n) is 5.27. The van der Waals surface area contributed by atoms with Crippen molar-refractivity contribution in [2.45, 2.75) is 31.2 Å². The Morgan fingerprint density at radius 1 is 1.53 bits per heavy atom. The van der Waals surface area contributed by atoms with Crippen LogP contribution in [-0.2, 0) is 10.0 Å². The van der Waals surface area contributed by atoms with Crippen LogP contribution in [0.15, 0.2) is 23.2 Å². The largest absolute Gasteiger partial charge is 0.244 e. The third-order valence-electron chi connectivity index (χ3n) is 2.74. The van der Waals surface area contributed by atoms with E-state index in [1.54, 1.807) is 7.05 Å². The van der Waals surface area contributed by atoms with Gasteiger partial charge in [-0.15, -0.1) is 0 Å². The third kappa shape index (κ3) is 2.81. The van der Waals surface area contributed by atoms with Crippen LogP contribution < -0.4 is 0 Å². The van der Waals surface area contributed by atoms with E-state index in [1.807, 2.05) is 19.9 Å². The Hall–Kier alpha value is -1.45. The number of rotatable bonds is 4. The van der Waals surface area contributed by atoms with Crippen LogP contribution in [0.3, 0.4) is 0 Å². The van der Waals surface area contributed by atoms with Crippen molar-refractivity contribution in [2.24, 2.45) is 0 Å². The van der Waals surface area contributed by atoms with Crippen LogP contribution in [0.2, 0.25) is 0 Å². The third-order valence-corrected chi connectivity index (χ3v) is 4.69. The first-order valence-corrected chi connectivity index (χ1v) is 6.71. The van der Waals surface area contributed by atoms with Gasteiger partial charge in [0.25, 0.3) is 0 Å². The lowest BCUT2D eigenvalue weighted by atomic mass is 10.3. The number of nitriles is 1. The van der Waals surface area contributed by atoms with Crippen LogP contribution in [0, 0.1) is 11.3 Å². The van der Waals surface area contributed by atoms with E-state index in [4.69, 9.17) is 5.26 Å². The summed E-state index contributed by atoms with van der Waals surface area (Å²) in [6.07, 6.45) is 1.95. The molecule has 1 rings (SSSR count). The van der Waals surface area contributed by atoms with Crippen molar-refractivity contribution in [3.8, 4) is 6.07 Å². The number of sulfonamides is 1. The summed E-state index contributed by atoms with van der Waals surface area (Å²) in [5.74, 6) is 0. The zero-order chi connectivity index (χ0) is 13.1. The standard InChI is InChI=1S/C11H15N3O2S/c1-4-9(2)14(3)17(15,16)11-6-5-10(7-12)13-8-11/h5-6,8-9H,4H2,1-3H3. The maximum atomic E-state index is 12.1. The summed E-state index contributed by atoms with van der Waals surface area (Å²) in [6, 6.07) is 4.58. The van der Waals surface area contributed by atoms with Gasteiger partial charge in [-0.05, 0) is 25.5 Å². The lowest BCUT2D eigenvalue weighted by Crippen LogP contribution is -2.34. The van der Waals surface area contributed by atoms with E-state index in [2.05, 4.69) is 4.98 Å². The molecular weight excluding hydrogens is 238 g/mol. The van der Waals surface area contributed by atoms with Crippen LogP contribution in [0.5, 0.6) is 0 Å². The molecule has 0 aliphatic carbocycles. The van der Waals surface area contributed by atoms with Gasteiger partial charge < -0.3 is 0 Å². The van der Waals surface area contributed by atoms with Crippen molar-refractivity contribution >= 4 is 10.0 Å². The Bertz CT molecular complexity index is 517. The van der Waals surface area contributed by atoms with Gasteiger partial charge in [-0.3, -0.25) is 0 Å². The molecule has 5 nitrogen and oxygen atoms in total. The summed E-state index contributed by atoms with van der Waals surface area (Å²) in [4.78, 5) is 3.87. The number of hydrogen-bond donors (Lipinski definition) is 0. The molecule has 0 spiro atoms. The highest BCUT2D eigenvalue weighted by Crippen LogP contribution is 2.16. The zero-order valence-electron chi connectivity index (χ0n) is 10.1. The van der Waals surface area contributed by atoms with Gasteiger partial charge in [0.15, 0.2) is 0 Å². The predicted octanol–water partition coefficient (Wildman–Crippen LogP) is 1.37. The van der Waals surface area contributed by atoms with Crippen molar-refractivity contribution < 1.29 is 8.42 Å². The average molecular weight is 253 g/mol. The van der Waals surface area contributed by atoms with Crippen LogP contribution >= 0.6 is 0 Å². The lowest BCUT2D eigenvalue weighted by Gasteiger charge is -2.22. The molecule has 0 N–H and O–H groups in total. The Morgan fingerprint density at radius 2 is 2.18 bits per heavy atom. The maximum absolute atomic E-state index is 12.1. The summed E-state index contributed by atoms with van der Waals surface area (Å²) in [7, 11) is -1.97. The first-order chi connectivity index (χ1) is 7.93. The van der Waals surface area contributed by atoms with Crippen molar-refractivity contribution in [1.82, 2.24) is 9.29 Å². The fourth-order valence-corrected chi connectivity index (χ4v) is 2.64. The zero-order valence-corrected chi connectivity index (χ0v) is 10.9. The summed E-state index contributed by atoms with van der Waals surface area (Å²) in [6.45, 7) is 3.77. The van der Waals surface area contributed by atoms with E-state index < -0.39 is 10.0 Å². The molecule has 0 saturated carbocycles. The predicted molar refractivity (Wildman–Crippen MR) is 63.7 cm³/mol. The number of nitrogens with zero attached hydrogens (tertiary/aromatic N) is 3. The van der Waals surface area contributed by atoms with Crippen LogP contribution in [-0.4, -0.2) is 30.8 Å². The van der Waals surface area contributed by atoms with Gasteiger partial charge in [0.1, 0.15) is 16.7 Å². The quantitative estimate of drug-likeness (QED) is 0.812. The summed E-state index contributed by atoms with van der Waals surface area (Å²) in [5.41, 5.74) is 0.204. The second kappa shape index (κ2) is 5.25. The van der Waals surface area contributed by atoms with E-state index in [0.717, 1.165) is 6.42 Å². The summed E-state index contributed by atoms with van der Waals surface area (Å²) in [5, 5.41) is 8.59. The van der Waals surface area contributed by atoms with Crippen molar-refractivity contribution in [2.75, 3.05) is 7.05 Å². The van der Waals surface area contributed by atoms with Crippen LogP contribution in [0.4, 0.5) is 0 Å². The monoisotopic (exact) mass is 253 g/mol. The molecule has 0 aliphatic heterocycles. The van der Waals surface area contributed by atoms with E-state index in [0.29, 0.717) is 0 Å². The molecular formula is C11H15N3O2S. The normalized spacial score (nSPS) is 13.4. The number of hydrogen-bond acceptors (Lipinski definition) is 4. The van der Waals surface area contributed by atoms with E-state index in [-0.39, 0.29) is 16.6 Å². The Balaban J connectivity index is 3.09. The molecule has 0 bridgehead atoms. The summed E-state index contributed by atoms with van der Waals surface area (Å²) >= 11 is 0. The lowest BCUT2D eigenvalue weighted by molar-refractivity contribution is 0.380. The van der Waals surface area contributed by atoms with Gasteiger partial charge in [-0.25, -0.2) is 13.4 Å².